The van der Waals surface area contributed by atoms with Gasteiger partial charge in [0.25, 0.3) is 12.3 Å². The number of nitrogens with zero attached hydrogens (tertiary/aromatic N) is 6. The van der Waals surface area contributed by atoms with Crippen LogP contribution in [0.15, 0.2) is 59.8 Å². The summed E-state index contributed by atoms with van der Waals surface area (Å²) >= 11 is 0. The van der Waals surface area contributed by atoms with Gasteiger partial charge in [-0.3, -0.25) is 28.8 Å². The van der Waals surface area contributed by atoms with Crippen molar-refractivity contribution in [2.75, 3.05) is 43.6 Å². The summed E-state index contributed by atoms with van der Waals surface area (Å²) in [4.78, 5) is 62.1. The molecule has 0 radical (unpaired) electrons. The largest absolute Gasteiger partial charge is 0.451 e. The Kier molecular flexibility index (Phi) is 15.6. The van der Waals surface area contributed by atoms with Gasteiger partial charge >= 0.3 is 0 Å². The molecule has 338 valence electrons. The molecule has 3 aliphatic carbocycles. The molecular weight excluding hydrogens is 809 g/mol. The smallest absolute Gasteiger partial charge is 0.284 e. The van der Waals surface area contributed by atoms with Gasteiger partial charge in [0.15, 0.2) is 23.6 Å². The summed E-state index contributed by atoms with van der Waals surface area (Å²) in [5, 5.41) is 6.62. The number of nitrogens with one attached hydrogen (secondary N) is 1. The van der Waals surface area contributed by atoms with E-state index in [1.54, 1.807) is 9.58 Å². The summed E-state index contributed by atoms with van der Waals surface area (Å²) in [6, 6.07) is 9.59. The molecular formula is C48H61F2N7O6. The maximum absolute atomic E-state index is 13.7. The number of oxazole rings is 1. The van der Waals surface area contributed by atoms with Crippen LogP contribution in [-0.2, 0) is 32.0 Å². The van der Waals surface area contributed by atoms with Crippen LogP contribution < -0.4 is 10.2 Å². The van der Waals surface area contributed by atoms with Crippen LogP contribution in [-0.4, -0.2) is 87.4 Å². The van der Waals surface area contributed by atoms with Crippen LogP contribution in [0.2, 0.25) is 0 Å². The molecule has 8 rings (SSSR count). The zero-order valence-electron chi connectivity index (χ0n) is 36.8. The Morgan fingerprint density at radius 3 is 2.49 bits per heavy atom. The molecule has 2 amide bonds. The molecule has 3 aromatic heterocycles. The van der Waals surface area contributed by atoms with Gasteiger partial charge in [-0.1, -0.05) is 25.0 Å². The van der Waals surface area contributed by atoms with Crippen LogP contribution in [0, 0.1) is 18.8 Å². The fourth-order valence-electron chi connectivity index (χ4n) is 9.31. The molecule has 0 bridgehead atoms. The number of amides is 2. The molecule has 0 spiro atoms. The lowest BCUT2D eigenvalue weighted by Gasteiger charge is -2.31. The summed E-state index contributed by atoms with van der Waals surface area (Å²) < 4.78 is 39.8. The zero-order valence-corrected chi connectivity index (χ0v) is 36.8. The number of fused-ring (bicyclic) bond motifs is 1. The van der Waals surface area contributed by atoms with Crippen molar-refractivity contribution in [1.82, 2.24) is 24.6 Å². The highest BCUT2D eigenvalue weighted by Gasteiger charge is 2.43. The molecule has 4 heterocycles. The summed E-state index contributed by atoms with van der Waals surface area (Å²) in [7, 11) is 2.11. The second-order valence-corrected chi connectivity index (χ2v) is 17.9. The minimum Gasteiger partial charge on any atom is -0.451 e. The fourth-order valence-corrected chi connectivity index (χ4v) is 9.31. The van der Waals surface area contributed by atoms with Gasteiger partial charge in [-0.05, 0) is 132 Å². The predicted molar refractivity (Wildman–Crippen MR) is 234 cm³/mol. The first-order valence-electron chi connectivity index (χ1n) is 22.7. The topological polar surface area (TPSA) is 153 Å². The van der Waals surface area contributed by atoms with Gasteiger partial charge in [-0.25, -0.2) is 13.8 Å². The lowest BCUT2D eigenvalue weighted by Crippen LogP contribution is -2.46. The number of rotatable bonds is 18. The number of aryl methyl sites for hydroxylation is 3. The molecule has 3 saturated carbocycles. The molecule has 0 saturated heterocycles. The molecule has 2 unspecified atom stereocenters. The van der Waals surface area contributed by atoms with E-state index in [2.05, 4.69) is 57.5 Å². The summed E-state index contributed by atoms with van der Waals surface area (Å²) in [5.41, 5.74) is 5.02. The van der Waals surface area contributed by atoms with E-state index in [1.807, 2.05) is 25.3 Å². The first-order valence-corrected chi connectivity index (χ1v) is 22.7. The van der Waals surface area contributed by atoms with Crippen LogP contribution >= 0.6 is 0 Å². The van der Waals surface area contributed by atoms with E-state index in [0.717, 1.165) is 93.4 Å². The van der Waals surface area contributed by atoms with Gasteiger partial charge in [0.05, 0.1) is 30.1 Å². The minimum atomic E-state index is -2.82. The number of carbonyl (C=O) groups is 4. The number of alkyl halides is 2. The average molecular weight is 870 g/mol. The highest BCUT2D eigenvalue weighted by molar-refractivity contribution is 6.13. The van der Waals surface area contributed by atoms with Crippen molar-refractivity contribution in [2.45, 2.75) is 128 Å². The van der Waals surface area contributed by atoms with Crippen molar-refractivity contribution in [3.63, 3.8) is 0 Å². The monoisotopic (exact) mass is 869 g/mol. The van der Waals surface area contributed by atoms with Gasteiger partial charge in [-0.15, -0.1) is 0 Å². The number of benzene rings is 1. The first-order chi connectivity index (χ1) is 30.4. The Hall–Kier alpha value is -5.15. The Morgan fingerprint density at radius 2 is 1.78 bits per heavy atom. The van der Waals surface area contributed by atoms with E-state index in [9.17, 15) is 28.0 Å². The van der Waals surface area contributed by atoms with Crippen LogP contribution in [0.1, 0.15) is 141 Å². The second-order valence-electron chi connectivity index (χ2n) is 17.9. The molecule has 1 N–H and O–H groups in total. The molecule has 1 aliphatic heterocycles. The van der Waals surface area contributed by atoms with Crippen LogP contribution in [0.4, 0.5) is 20.2 Å². The van der Waals surface area contributed by atoms with Crippen LogP contribution in [0.25, 0.3) is 0 Å². The standard InChI is InChI=1S/C37H46F2N6O6.C11H15N/c1-23-33-25(6-3-8-31(33)45(37(23)49)30-14-13-27(46)18-32(30)47)7-4-16-50-17-5-15-43(2)19-24-9-11-26(12-10-24)44-20-28(34(42-44)35(38)39)41-36(48)29-21-51-22-40-29;1-9-6-7-12-11(8-9)5-4-10-2-3-10/h3,6,8,20-24,26,30,35H,4-5,7,9-19H2,1-2H3,(H,41,48);6-8,10H,2-5H2,1H3. The van der Waals surface area contributed by atoms with E-state index < -0.39 is 24.1 Å². The first kappa shape index (κ1) is 45.9. The second kappa shape index (κ2) is 21.5. The number of ether oxygens (including phenoxy) is 1. The van der Waals surface area contributed by atoms with Crippen LogP contribution in [0.3, 0.4) is 0 Å². The van der Waals surface area contributed by atoms with Crippen molar-refractivity contribution >= 4 is 34.8 Å². The Labute approximate surface area is 368 Å². The lowest BCUT2D eigenvalue weighted by molar-refractivity contribution is -0.132. The van der Waals surface area contributed by atoms with Gasteiger partial charge in [0.2, 0.25) is 5.91 Å². The third-order valence-electron chi connectivity index (χ3n) is 12.9. The van der Waals surface area contributed by atoms with E-state index in [-0.39, 0.29) is 47.2 Å². The van der Waals surface area contributed by atoms with E-state index in [0.29, 0.717) is 32.0 Å². The third-order valence-corrected chi connectivity index (χ3v) is 12.9. The molecule has 13 nitrogen and oxygen atoms in total. The van der Waals surface area contributed by atoms with Gasteiger partial charge in [0.1, 0.15) is 12.0 Å². The molecule has 4 aliphatic rings. The van der Waals surface area contributed by atoms with Gasteiger partial charge in [-0.2, -0.15) is 5.10 Å². The lowest BCUT2D eigenvalue weighted by atomic mass is 9.86. The van der Waals surface area contributed by atoms with Crippen LogP contribution in [0.5, 0.6) is 0 Å². The Balaban J connectivity index is 0.000000424. The summed E-state index contributed by atoms with van der Waals surface area (Å²) in [6.07, 6.45) is 14.9. The molecule has 4 aromatic rings. The summed E-state index contributed by atoms with van der Waals surface area (Å²) in [5.74, 6) is 0.278. The van der Waals surface area contributed by atoms with Crippen molar-refractivity contribution in [3.05, 3.63) is 89.2 Å². The average Bonchev–Trinajstić information content (AvgIpc) is 3.61. The molecule has 63 heavy (non-hydrogen) atoms. The number of hydrogen-bond acceptors (Lipinski definition) is 10. The molecule has 2 atom stereocenters. The maximum atomic E-state index is 13.7. The normalized spacial score (nSPS) is 21.2. The van der Waals surface area contributed by atoms with Crippen molar-refractivity contribution in [3.8, 4) is 0 Å². The minimum absolute atomic E-state index is 0.00346. The molecule has 3 fully saturated rings. The number of carbonyl (C=O) groups excluding carboxylic acids is 4. The Bertz CT molecular complexity index is 2180. The number of anilines is 2. The van der Waals surface area contributed by atoms with Crippen molar-refractivity contribution < 1.29 is 37.1 Å². The zero-order chi connectivity index (χ0) is 44.5. The molecule has 15 heteroatoms. The third kappa shape index (κ3) is 12.1. The predicted octanol–water partition coefficient (Wildman–Crippen LogP) is 8.64. The number of aromatic nitrogens is 4. The maximum Gasteiger partial charge on any atom is 0.284 e. The highest BCUT2D eigenvalue weighted by atomic mass is 19.3. The van der Waals surface area contributed by atoms with Crippen molar-refractivity contribution in [1.29, 1.82) is 0 Å². The van der Waals surface area contributed by atoms with E-state index in [4.69, 9.17) is 9.15 Å². The van der Waals surface area contributed by atoms with E-state index in [1.165, 1.54) is 43.1 Å². The number of ketones is 2. The Morgan fingerprint density at radius 1 is 1.00 bits per heavy atom. The number of pyridine rings is 1. The fraction of sp³-hybridized carbons (Fsp3) is 0.562. The van der Waals surface area contributed by atoms with Gasteiger partial charge < -0.3 is 24.3 Å². The highest BCUT2D eigenvalue weighted by Crippen LogP contribution is 2.42. The number of hydrogen-bond donors (Lipinski definition) is 1. The summed E-state index contributed by atoms with van der Waals surface area (Å²) in [6.45, 7) is 7.13. The number of Topliss-reactive ketones (excluding diaryl/α,β-unsaturated/α-hetero) is 2. The molecule has 1 aromatic carbocycles. The van der Waals surface area contributed by atoms with E-state index >= 15 is 0 Å². The van der Waals surface area contributed by atoms with Crippen molar-refractivity contribution in [2.24, 2.45) is 11.8 Å². The number of halogens is 2. The van der Waals surface area contributed by atoms with Gasteiger partial charge in [0, 0.05) is 56.5 Å². The quantitative estimate of drug-likeness (QED) is 0.0760. The SMILES string of the molecule is CC1C(=O)N(C2CCC(=O)CC2=O)c2cccc(CCCOCCCN(C)CC3CCC(n4cc(NC(=O)c5cocn5)c(C(F)F)n4)CC3)c21.Cc1ccnc(CCC2CC2)c1.